The van der Waals surface area contributed by atoms with Crippen molar-refractivity contribution >= 4 is 21.8 Å². The summed E-state index contributed by atoms with van der Waals surface area (Å²) in [5.74, 6) is 0.0430. The monoisotopic (exact) mass is 326 g/mol. The van der Waals surface area contributed by atoms with Gasteiger partial charge < -0.3 is 4.90 Å². The summed E-state index contributed by atoms with van der Waals surface area (Å²) in [6.45, 7) is 5.76. The highest BCUT2D eigenvalue weighted by molar-refractivity contribution is 9.10. The van der Waals surface area contributed by atoms with Gasteiger partial charge in [0, 0.05) is 31.4 Å². The number of aromatic nitrogens is 2. The molecule has 1 atom stereocenters. The largest absolute Gasteiger partial charge is 0.334 e. The number of amides is 1. The van der Waals surface area contributed by atoms with E-state index in [-0.39, 0.29) is 5.91 Å². The number of halogens is 1. The van der Waals surface area contributed by atoms with E-state index in [1.807, 2.05) is 11.8 Å². The molecule has 19 heavy (non-hydrogen) atoms. The summed E-state index contributed by atoms with van der Waals surface area (Å²) in [6.07, 6.45) is 3.80. The first-order valence-corrected chi connectivity index (χ1v) is 7.70. The molecule has 1 unspecified atom stereocenters. The number of hydrogen-bond donors (Lipinski definition) is 1. The third-order valence-electron chi connectivity index (χ3n) is 4.20. The number of piperidine rings is 1. The maximum absolute atomic E-state index is 12.5. The first-order chi connectivity index (χ1) is 9.16. The van der Waals surface area contributed by atoms with Gasteiger partial charge in [0.15, 0.2) is 5.69 Å². The number of hydrogen-bond acceptors (Lipinski definition) is 3. The molecular weight excluding hydrogens is 308 g/mol. The van der Waals surface area contributed by atoms with Crippen molar-refractivity contribution in [1.29, 1.82) is 0 Å². The molecule has 5 nitrogen and oxygen atoms in total. The molecule has 2 aliphatic heterocycles. The third-order valence-corrected chi connectivity index (χ3v) is 5.17. The van der Waals surface area contributed by atoms with Crippen LogP contribution in [-0.2, 0) is 0 Å². The average molecular weight is 327 g/mol. The predicted molar refractivity (Wildman–Crippen MR) is 76.1 cm³/mol. The summed E-state index contributed by atoms with van der Waals surface area (Å²) >= 11 is 3.43. The van der Waals surface area contributed by atoms with Gasteiger partial charge >= 0.3 is 0 Å². The lowest BCUT2D eigenvalue weighted by Crippen LogP contribution is -2.56. The maximum atomic E-state index is 12.5. The van der Waals surface area contributed by atoms with Gasteiger partial charge in [0.2, 0.25) is 0 Å². The van der Waals surface area contributed by atoms with E-state index in [0.29, 0.717) is 11.7 Å². The average Bonchev–Trinajstić information content (AvgIpc) is 2.78. The van der Waals surface area contributed by atoms with E-state index in [4.69, 9.17) is 0 Å². The molecule has 104 valence electrons. The van der Waals surface area contributed by atoms with Gasteiger partial charge in [0.1, 0.15) is 0 Å². The van der Waals surface area contributed by atoms with Crippen LogP contribution in [0.1, 0.15) is 35.4 Å². The number of carbonyl (C=O) groups excluding carboxylic acids is 1. The fraction of sp³-hybridized carbons (Fsp3) is 0.692. The van der Waals surface area contributed by atoms with Crippen molar-refractivity contribution in [2.75, 3.05) is 26.2 Å². The van der Waals surface area contributed by atoms with E-state index in [1.165, 1.54) is 25.8 Å². The number of carbonyl (C=O) groups is 1. The molecule has 1 aromatic rings. The third kappa shape index (κ3) is 2.43. The van der Waals surface area contributed by atoms with Gasteiger partial charge in [-0.3, -0.25) is 14.8 Å². The smallest absolute Gasteiger partial charge is 0.275 e. The molecule has 1 N–H and O–H groups in total. The van der Waals surface area contributed by atoms with Crippen molar-refractivity contribution in [3.63, 3.8) is 0 Å². The molecule has 0 aromatic carbocycles. The van der Waals surface area contributed by atoms with E-state index < -0.39 is 0 Å². The minimum atomic E-state index is 0.0430. The number of rotatable bonds is 1. The minimum Gasteiger partial charge on any atom is -0.334 e. The number of nitrogens with one attached hydrogen (secondary N) is 1. The van der Waals surface area contributed by atoms with Gasteiger partial charge in [-0.2, -0.15) is 5.10 Å². The summed E-state index contributed by atoms with van der Waals surface area (Å²) in [5.41, 5.74) is 1.42. The van der Waals surface area contributed by atoms with Crippen LogP contribution in [0.2, 0.25) is 0 Å². The Hall–Kier alpha value is -0.880. The predicted octanol–water partition coefficient (Wildman–Crippen LogP) is 1.79. The lowest BCUT2D eigenvalue weighted by molar-refractivity contribution is 0.0367. The number of H-pyrrole nitrogens is 1. The van der Waals surface area contributed by atoms with Crippen LogP contribution in [0.25, 0.3) is 0 Å². The molecule has 0 spiro atoms. The van der Waals surface area contributed by atoms with Crippen molar-refractivity contribution in [2.45, 2.75) is 32.2 Å². The lowest BCUT2D eigenvalue weighted by Gasteiger charge is -2.43. The van der Waals surface area contributed by atoms with E-state index in [9.17, 15) is 4.79 Å². The fourth-order valence-electron chi connectivity index (χ4n) is 3.05. The summed E-state index contributed by atoms with van der Waals surface area (Å²) in [7, 11) is 0. The van der Waals surface area contributed by atoms with E-state index in [0.717, 1.165) is 29.8 Å². The lowest BCUT2D eigenvalue weighted by atomic mass is 9.99. The SMILES string of the molecule is Cc1[nH]nc(C(=O)N2CCN3CCCCC3C2)c1Br. The molecular formula is C13H19BrN4O. The molecule has 2 aliphatic rings. The number of aromatic amines is 1. The van der Waals surface area contributed by atoms with Crippen molar-refractivity contribution < 1.29 is 4.79 Å². The zero-order valence-electron chi connectivity index (χ0n) is 11.2. The molecule has 3 heterocycles. The highest BCUT2D eigenvalue weighted by atomic mass is 79.9. The summed E-state index contributed by atoms with van der Waals surface area (Å²) in [6, 6.07) is 0.547. The normalized spacial score (nSPS) is 24.3. The van der Waals surface area contributed by atoms with Gasteiger partial charge in [-0.15, -0.1) is 0 Å². The molecule has 0 radical (unpaired) electrons. The van der Waals surface area contributed by atoms with Crippen LogP contribution in [0, 0.1) is 6.92 Å². The Balaban J connectivity index is 1.72. The standard InChI is InChI=1S/C13H19BrN4O/c1-9-11(14)12(16-15-9)13(19)18-7-6-17-5-3-2-4-10(17)8-18/h10H,2-8H2,1H3,(H,15,16). The molecule has 3 rings (SSSR count). The highest BCUT2D eigenvalue weighted by Crippen LogP contribution is 2.24. The number of piperazine rings is 1. The summed E-state index contributed by atoms with van der Waals surface area (Å²) in [5, 5.41) is 6.98. The Labute approximate surface area is 121 Å². The number of fused-ring (bicyclic) bond motifs is 1. The van der Waals surface area contributed by atoms with Crippen LogP contribution in [-0.4, -0.2) is 58.1 Å². The minimum absolute atomic E-state index is 0.0430. The second-order valence-electron chi connectivity index (χ2n) is 5.45. The molecule has 0 aliphatic carbocycles. The zero-order chi connectivity index (χ0) is 13.4. The summed E-state index contributed by atoms with van der Waals surface area (Å²) in [4.78, 5) is 17.0. The second kappa shape index (κ2) is 5.25. The zero-order valence-corrected chi connectivity index (χ0v) is 12.7. The van der Waals surface area contributed by atoms with Crippen LogP contribution in [0.15, 0.2) is 4.47 Å². The molecule has 1 aromatic heterocycles. The van der Waals surface area contributed by atoms with Gasteiger partial charge in [0.25, 0.3) is 5.91 Å². The fourth-order valence-corrected chi connectivity index (χ4v) is 3.39. The van der Waals surface area contributed by atoms with Crippen molar-refractivity contribution in [3.05, 3.63) is 15.9 Å². The van der Waals surface area contributed by atoms with Crippen LogP contribution >= 0.6 is 15.9 Å². The van der Waals surface area contributed by atoms with Crippen LogP contribution < -0.4 is 0 Å². The van der Waals surface area contributed by atoms with Crippen LogP contribution in [0.5, 0.6) is 0 Å². The molecule has 2 saturated heterocycles. The first-order valence-electron chi connectivity index (χ1n) is 6.90. The molecule has 1 amide bonds. The highest BCUT2D eigenvalue weighted by Gasteiger charge is 2.32. The maximum Gasteiger partial charge on any atom is 0.275 e. The Kier molecular flexibility index (Phi) is 3.62. The van der Waals surface area contributed by atoms with E-state index >= 15 is 0 Å². The van der Waals surface area contributed by atoms with Gasteiger partial charge in [0.05, 0.1) is 4.47 Å². The van der Waals surface area contributed by atoms with Crippen molar-refractivity contribution in [2.24, 2.45) is 0 Å². The summed E-state index contributed by atoms with van der Waals surface area (Å²) < 4.78 is 0.795. The topological polar surface area (TPSA) is 52.2 Å². The Morgan fingerprint density at radius 3 is 2.95 bits per heavy atom. The van der Waals surface area contributed by atoms with Crippen LogP contribution in [0.4, 0.5) is 0 Å². The van der Waals surface area contributed by atoms with Gasteiger partial charge in [-0.05, 0) is 42.2 Å². The molecule has 0 saturated carbocycles. The number of nitrogens with zero attached hydrogens (tertiary/aromatic N) is 3. The van der Waals surface area contributed by atoms with Gasteiger partial charge in [-0.25, -0.2) is 0 Å². The molecule has 0 bridgehead atoms. The van der Waals surface area contributed by atoms with Gasteiger partial charge in [-0.1, -0.05) is 6.42 Å². The second-order valence-corrected chi connectivity index (χ2v) is 6.24. The van der Waals surface area contributed by atoms with Crippen LogP contribution in [0.3, 0.4) is 0 Å². The Bertz CT molecular complexity index is 487. The van der Waals surface area contributed by atoms with E-state index in [2.05, 4.69) is 31.0 Å². The number of aryl methyl sites for hydroxylation is 1. The first kappa shape index (κ1) is 13.1. The van der Waals surface area contributed by atoms with E-state index in [1.54, 1.807) is 0 Å². The molecule has 6 heteroatoms. The van der Waals surface area contributed by atoms with Crippen molar-refractivity contribution in [1.82, 2.24) is 20.0 Å². The van der Waals surface area contributed by atoms with Crippen molar-refractivity contribution in [3.8, 4) is 0 Å². The Morgan fingerprint density at radius 1 is 1.37 bits per heavy atom. The quantitative estimate of drug-likeness (QED) is 0.856. The Morgan fingerprint density at radius 2 is 2.21 bits per heavy atom. The molecule has 2 fully saturated rings.